The molecule has 0 N–H and O–H groups in total. The summed E-state index contributed by atoms with van der Waals surface area (Å²) < 4.78 is 24.6. The predicted molar refractivity (Wildman–Crippen MR) is 90.7 cm³/mol. The van der Waals surface area contributed by atoms with Gasteiger partial charge < -0.3 is 0 Å². The third kappa shape index (κ3) is 4.17. The van der Waals surface area contributed by atoms with Crippen molar-refractivity contribution in [2.24, 2.45) is 0 Å². The lowest BCUT2D eigenvalue weighted by molar-refractivity contribution is 0.442. The topological polar surface area (TPSA) is 47.0 Å². The maximum atomic E-state index is 12.3. The van der Waals surface area contributed by atoms with Gasteiger partial charge in [-0.2, -0.15) is 0 Å². The lowest BCUT2D eigenvalue weighted by atomic mass is 9.90. The van der Waals surface area contributed by atoms with Gasteiger partial charge in [-0.05, 0) is 18.4 Å². The van der Waals surface area contributed by atoms with Crippen molar-refractivity contribution in [1.82, 2.24) is 4.98 Å². The third-order valence-corrected chi connectivity index (χ3v) is 6.69. The van der Waals surface area contributed by atoms with E-state index >= 15 is 0 Å². The van der Waals surface area contributed by atoms with Gasteiger partial charge in [0.25, 0.3) is 0 Å². The van der Waals surface area contributed by atoms with Crippen molar-refractivity contribution in [3.8, 4) is 0 Å². The number of sulfone groups is 1. The molecule has 2 aromatic rings. The third-order valence-electron chi connectivity index (χ3n) is 4.12. The molecule has 1 heterocycles. The highest BCUT2D eigenvalue weighted by atomic mass is 32.2. The van der Waals surface area contributed by atoms with Crippen LogP contribution in [0.3, 0.4) is 0 Å². The van der Waals surface area contributed by atoms with E-state index in [1.807, 2.05) is 35.7 Å². The monoisotopic (exact) mass is 335 g/mol. The minimum Gasteiger partial charge on any atom is -0.245 e. The molecule has 118 valence electrons. The average Bonchev–Trinajstić information content (AvgIpc) is 2.96. The van der Waals surface area contributed by atoms with Crippen LogP contribution in [-0.4, -0.2) is 13.4 Å². The second-order valence-corrected chi connectivity index (χ2v) is 8.98. The summed E-state index contributed by atoms with van der Waals surface area (Å²) in [6, 6.07) is 9.34. The quantitative estimate of drug-likeness (QED) is 0.818. The highest BCUT2D eigenvalue weighted by molar-refractivity contribution is 7.89. The highest BCUT2D eigenvalue weighted by Crippen LogP contribution is 2.34. The van der Waals surface area contributed by atoms with E-state index in [0.717, 1.165) is 10.6 Å². The lowest BCUT2D eigenvalue weighted by Crippen LogP contribution is -2.09. The molecule has 0 atom stereocenters. The molecule has 5 heteroatoms. The zero-order chi connectivity index (χ0) is 15.4. The lowest BCUT2D eigenvalue weighted by Gasteiger charge is -2.18. The van der Waals surface area contributed by atoms with E-state index in [4.69, 9.17) is 0 Å². The molecule has 0 spiro atoms. The molecule has 1 aromatic carbocycles. The molecule has 3 rings (SSSR count). The number of benzene rings is 1. The Balaban J connectivity index is 1.66. The molecule has 1 aliphatic rings. The van der Waals surface area contributed by atoms with E-state index in [2.05, 4.69) is 4.98 Å². The van der Waals surface area contributed by atoms with E-state index in [1.54, 1.807) is 11.3 Å². The first-order chi connectivity index (χ1) is 10.6. The molecule has 1 aromatic heterocycles. The van der Waals surface area contributed by atoms with Crippen molar-refractivity contribution >= 4 is 21.2 Å². The Kier molecular flexibility index (Phi) is 4.93. The summed E-state index contributed by atoms with van der Waals surface area (Å²) in [5, 5.41) is 3.05. The van der Waals surface area contributed by atoms with Gasteiger partial charge in [-0.1, -0.05) is 49.6 Å². The molecule has 0 radical (unpaired) electrons. The van der Waals surface area contributed by atoms with Crippen molar-refractivity contribution in [1.29, 1.82) is 0 Å². The van der Waals surface area contributed by atoms with E-state index in [1.165, 1.54) is 32.1 Å². The van der Waals surface area contributed by atoms with Crippen LogP contribution >= 0.6 is 11.3 Å². The van der Waals surface area contributed by atoms with E-state index < -0.39 is 9.84 Å². The van der Waals surface area contributed by atoms with E-state index in [-0.39, 0.29) is 11.5 Å². The molecule has 0 amide bonds. The van der Waals surface area contributed by atoms with Crippen molar-refractivity contribution < 1.29 is 8.42 Å². The maximum absolute atomic E-state index is 12.3. The molecule has 0 unspecified atom stereocenters. The van der Waals surface area contributed by atoms with Crippen molar-refractivity contribution in [3.05, 3.63) is 52.0 Å². The SMILES string of the molecule is O=S(=O)(Cc1ccccc1)Cc1csc(C2CCCCC2)n1. The fourth-order valence-electron chi connectivity index (χ4n) is 3.03. The summed E-state index contributed by atoms with van der Waals surface area (Å²) in [5.74, 6) is 0.680. The fourth-order valence-corrected chi connectivity index (χ4v) is 5.53. The summed E-state index contributed by atoms with van der Waals surface area (Å²) in [4.78, 5) is 4.60. The number of aromatic nitrogens is 1. The summed E-state index contributed by atoms with van der Waals surface area (Å²) in [6.07, 6.45) is 6.26. The smallest absolute Gasteiger partial charge is 0.160 e. The molecule has 3 nitrogen and oxygen atoms in total. The standard InChI is InChI=1S/C17H21NO2S2/c19-22(20,12-14-7-3-1-4-8-14)13-16-11-21-17(18-16)15-9-5-2-6-10-15/h1,3-4,7-8,11,15H,2,5-6,9-10,12-13H2. The van der Waals surface area contributed by atoms with Gasteiger partial charge in [-0.25, -0.2) is 13.4 Å². The molecule has 22 heavy (non-hydrogen) atoms. The van der Waals surface area contributed by atoms with Crippen LogP contribution in [0, 0.1) is 0 Å². The van der Waals surface area contributed by atoms with Crippen LogP contribution < -0.4 is 0 Å². The van der Waals surface area contributed by atoms with Gasteiger partial charge >= 0.3 is 0 Å². The summed E-state index contributed by atoms with van der Waals surface area (Å²) in [6.45, 7) is 0. The van der Waals surface area contributed by atoms with E-state index in [0.29, 0.717) is 11.6 Å². The Morgan fingerprint density at radius 2 is 1.77 bits per heavy atom. The van der Waals surface area contributed by atoms with E-state index in [9.17, 15) is 8.42 Å². The minimum atomic E-state index is -3.16. The van der Waals surface area contributed by atoms with Gasteiger partial charge in [0.15, 0.2) is 9.84 Å². The Hall–Kier alpha value is -1.20. The van der Waals surface area contributed by atoms with Gasteiger partial charge in [-0.15, -0.1) is 11.3 Å². The minimum absolute atomic E-state index is 0.0467. The van der Waals surface area contributed by atoms with Crippen LogP contribution in [0.2, 0.25) is 0 Å². The van der Waals surface area contributed by atoms with Gasteiger partial charge in [0.1, 0.15) is 0 Å². The first kappa shape index (κ1) is 15.7. The summed E-state index contributed by atoms with van der Waals surface area (Å²) in [7, 11) is -3.16. The van der Waals surface area contributed by atoms with Gasteiger partial charge in [0.05, 0.1) is 22.2 Å². The zero-order valence-electron chi connectivity index (χ0n) is 12.6. The molecule has 1 fully saturated rings. The molecular formula is C17H21NO2S2. The molecule has 1 aliphatic carbocycles. The second kappa shape index (κ2) is 6.92. The maximum Gasteiger partial charge on any atom is 0.160 e. The van der Waals surface area contributed by atoms with Crippen molar-refractivity contribution in [3.63, 3.8) is 0 Å². The number of rotatable bonds is 5. The van der Waals surface area contributed by atoms with Crippen molar-refractivity contribution in [2.75, 3.05) is 0 Å². The molecule has 0 aliphatic heterocycles. The van der Waals surface area contributed by atoms with Crippen LogP contribution in [0.4, 0.5) is 0 Å². The van der Waals surface area contributed by atoms with Crippen LogP contribution in [0.5, 0.6) is 0 Å². The summed E-state index contributed by atoms with van der Waals surface area (Å²) >= 11 is 1.63. The Bertz CT molecular complexity index is 701. The fraction of sp³-hybridized carbons (Fsp3) is 0.471. The van der Waals surface area contributed by atoms with Crippen molar-refractivity contribution in [2.45, 2.75) is 49.5 Å². The average molecular weight is 335 g/mol. The number of nitrogens with zero attached hydrogens (tertiary/aromatic N) is 1. The Labute approximate surface area is 136 Å². The first-order valence-corrected chi connectivity index (χ1v) is 10.5. The highest BCUT2D eigenvalue weighted by Gasteiger charge is 2.20. The normalized spacial score (nSPS) is 16.7. The Morgan fingerprint density at radius 3 is 2.50 bits per heavy atom. The summed E-state index contributed by atoms with van der Waals surface area (Å²) in [5.41, 5.74) is 1.55. The largest absolute Gasteiger partial charge is 0.245 e. The van der Waals surface area contributed by atoms with Crippen LogP contribution in [0.15, 0.2) is 35.7 Å². The first-order valence-electron chi connectivity index (χ1n) is 7.81. The number of hydrogen-bond donors (Lipinski definition) is 0. The predicted octanol–water partition coefficient (Wildman–Crippen LogP) is 4.31. The molecular weight excluding hydrogens is 314 g/mol. The zero-order valence-corrected chi connectivity index (χ0v) is 14.2. The van der Waals surface area contributed by atoms with Crippen LogP contribution in [0.25, 0.3) is 0 Å². The molecule has 0 bridgehead atoms. The van der Waals surface area contributed by atoms with Gasteiger partial charge in [0, 0.05) is 11.3 Å². The number of thiazole rings is 1. The van der Waals surface area contributed by atoms with Gasteiger partial charge in [0.2, 0.25) is 0 Å². The molecule has 0 saturated heterocycles. The van der Waals surface area contributed by atoms with Gasteiger partial charge in [-0.3, -0.25) is 0 Å². The second-order valence-electron chi connectivity index (χ2n) is 6.03. The van der Waals surface area contributed by atoms with Crippen LogP contribution in [0.1, 0.15) is 54.3 Å². The number of hydrogen-bond acceptors (Lipinski definition) is 4. The Morgan fingerprint density at radius 1 is 1.05 bits per heavy atom. The molecule has 1 saturated carbocycles. The van der Waals surface area contributed by atoms with Crippen LogP contribution in [-0.2, 0) is 21.3 Å².